The molecule has 4 rings (SSSR count). The molecule has 3 aromatic heterocycles. The number of nitrogens with zero attached hydrogens (tertiary/aromatic N) is 4. The highest BCUT2D eigenvalue weighted by molar-refractivity contribution is 7.99. The maximum atomic E-state index is 13.6. The minimum Gasteiger partial charge on any atom is -0.406 e. The summed E-state index contributed by atoms with van der Waals surface area (Å²) in [5.74, 6) is 0.448. The van der Waals surface area contributed by atoms with Crippen LogP contribution in [0.5, 0.6) is 5.75 Å². The molecule has 0 bridgehead atoms. The first-order valence-corrected chi connectivity index (χ1v) is 12.0. The summed E-state index contributed by atoms with van der Waals surface area (Å²) in [5.41, 5.74) is -0.836. The van der Waals surface area contributed by atoms with E-state index in [9.17, 15) is 31.1 Å². The Balaban J connectivity index is 1.88. The maximum absolute atomic E-state index is 13.6. The van der Waals surface area contributed by atoms with Crippen molar-refractivity contribution in [2.24, 2.45) is 7.05 Å². The van der Waals surface area contributed by atoms with E-state index >= 15 is 0 Å². The molecule has 3 heterocycles. The molecule has 1 aromatic carbocycles. The number of aromatic nitrogens is 4. The number of imidazole rings is 1. The third kappa shape index (κ3) is 5.31. The Kier molecular flexibility index (Phi) is 7.01. The molecule has 0 aliphatic carbocycles. The zero-order chi connectivity index (χ0) is 27.1. The first-order valence-electron chi connectivity index (χ1n) is 11.0. The topological polar surface area (TPSA) is 61.9 Å². The largest absolute Gasteiger partial charge is 0.573 e. The molecule has 0 saturated heterocycles. The lowest BCUT2D eigenvalue weighted by atomic mass is 10.1. The van der Waals surface area contributed by atoms with Gasteiger partial charge in [-0.05, 0) is 55.1 Å². The highest BCUT2D eigenvalue weighted by Gasteiger charge is 2.36. The average Bonchev–Trinajstić information content (AvgIpc) is 3.15. The van der Waals surface area contributed by atoms with Crippen LogP contribution in [0.2, 0.25) is 0 Å². The Labute approximate surface area is 210 Å². The molecule has 0 amide bonds. The van der Waals surface area contributed by atoms with Crippen molar-refractivity contribution in [2.45, 2.75) is 37.8 Å². The molecule has 0 saturated carbocycles. The van der Waals surface area contributed by atoms with Crippen LogP contribution in [0.1, 0.15) is 19.5 Å². The second-order valence-corrected chi connectivity index (χ2v) is 9.16. The van der Waals surface area contributed by atoms with Gasteiger partial charge >= 0.3 is 12.5 Å². The van der Waals surface area contributed by atoms with Crippen LogP contribution in [-0.2, 0) is 19.8 Å². The van der Waals surface area contributed by atoms with E-state index in [1.54, 1.807) is 12.1 Å². The molecule has 0 spiro atoms. The molecule has 0 radical (unpaired) electrons. The molecular formula is C24H20F6N4O2S. The van der Waals surface area contributed by atoms with E-state index in [1.807, 2.05) is 6.92 Å². The number of pyridine rings is 2. The molecule has 0 atom stereocenters. The van der Waals surface area contributed by atoms with E-state index in [0.717, 1.165) is 18.2 Å². The molecule has 0 aliphatic rings. The van der Waals surface area contributed by atoms with Crippen molar-refractivity contribution in [3.05, 3.63) is 58.5 Å². The van der Waals surface area contributed by atoms with Crippen LogP contribution in [0.3, 0.4) is 0 Å². The van der Waals surface area contributed by atoms with Gasteiger partial charge in [0, 0.05) is 24.1 Å². The Morgan fingerprint density at radius 2 is 1.65 bits per heavy atom. The summed E-state index contributed by atoms with van der Waals surface area (Å²) in [6.07, 6.45) is -9.57. The number of ether oxygens (including phenoxy) is 1. The SMILES string of the molecule is CCSc1ccc(-c2ccc(OC(F)(F)F)cc2)nc1-c1nc2cc(C(F)(F)F)n(CC)c(=O)c2n1C. The van der Waals surface area contributed by atoms with Crippen molar-refractivity contribution < 1.29 is 31.1 Å². The fourth-order valence-corrected chi connectivity index (χ4v) is 4.69. The van der Waals surface area contributed by atoms with Crippen LogP contribution in [-0.4, -0.2) is 31.2 Å². The predicted octanol–water partition coefficient (Wildman–Crippen LogP) is 6.51. The van der Waals surface area contributed by atoms with Crippen LogP contribution < -0.4 is 10.3 Å². The van der Waals surface area contributed by atoms with Crippen molar-refractivity contribution in [2.75, 3.05) is 5.75 Å². The monoisotopic (exact) mass is 542 g/mol. The Bertz CT molecular complexity index is 1510. The summed E-state index contributed by atoms with van der Waals surface area (Å²) in [4.78, 5) is 22.7. The Hall–Kier alpha value is -3.48. The Morgan fingerprint density at radius 3 is 2.22 bits per heavy atom. The van der Waals surface area contributed by atoms with Crippen molar-refractivity contribution in [3.63, 3.8) is 0 Å². The van der Waals surface area contributed by atoms with Crippen molar-refractivity contribution in [1.82, 2.24) is 19.1 Å². The summed E-state index contributed by atoms with van der Waals surface area (Å²) in [7, 11) is 1.53. The number of rotatable bonds is 6. The molecule has 0 fully saturated rings. The number of halogens is 6. The van der Waals surface area contributed by atoms with Gasteiger partial charge in [-0.3, -0.25) is 4.79 Å². The molecule has 0 N–H and O–H groups in total. The van der Waals surface area contributed by atoms with Gasteiger partial charge in [-0.1, -0.05) is 6.92 Å². The van der Waals surface area contributed by atoms with E-state index in [1.165, 1.54) is 42.4 Å². The smallest absolute Gasteiger partial charge is 0.406 e. The Morgan fingerprint density at radius 1 is 0.973 bits per heavy atom. The quantitative estimate of drug-likeness (QED) is 0.205. The summed E-state index contributed by atoms with van der Waals surface area (Å²) in [6, 6.07) is 9.39. The third-order valence-electron chi connectivity index (χ3n) is 5.49. The molecule has 37 heavy (non-hydrogen) atoms. The number of hydrogen-bond acceptors (Lipinski definition) is 5. The number of hydrogen-bond donors (Lipinski definition) is 0. The minimum absolute atomic E-state index is 0.00171. The fraction of sp³-hybridized carbons (Fsp3) is 0.292. The van der Waals surface area contributed by atoms with Crippen molar-refractivity contribution in [1.29, 1.82) is 0 Å². The molecule has 13 heteroatoms. The van der Waals surface area contributed by atoms with Gasteiger partial charge in [-0.25, -0.2) is 9.97 Å². The minimum atomic E-state index is -4.82. The average molecular weight is 543 g/mol. The molecular weight excluding hydrogens is 522 g/mol. The number of fused-ring (bicyclic) bond motifs is 1. The summed E-state index contributed by atoms with van der Waals surface area (Å²) in [6.45, 7) is 3.18. The van der Waals surface area contributed by atoms with Gasteiger partial charge in [0.05, 0.1) is 11.2 Å². The summed E-state index contributed by atoms with van der Waals surface area (Å²) in [5, 5.41) is 0. The number of benzene rings is 1. The zero-order valence-electron chi connectivity index (χ0n) is 19.7. The summed E-state index contributed by atoms with van der Waals surface area (Å²) >= 11 is 1.42. The van der Waals surface area contributed by atoms with Crippen molar-refractivity contribution in [3.8, 4) is 28.5 Å². The van der Waals surface area contributed by atoms with Crippen LogP contribution in [0.4, 0.5) is 26.3 Å². The van der Waals surface area contributed by atoms with Gasteiger partial charge in [-0.2, -0.15) is 13.2 Å². The van der Waals surface area contributed by atoms with Gasteiger partial charge < -0.3 is 13.9 Å². The van der Waals surface area contributed by atoms with E-state index in [-0.39, 0.29) is 23.4 Å². The van der Waals surface area contributed by atoms with Crippen LogP contribution in [0.25, 0.3) is 33.8 Å². The lowest BCUT2D eigenvalue weighted by molar-refractivity contribution is -0.274. The highest BCUT2D eigenvalue weighted by atomic mass is 32.2. The molecule has 196 valence electrons. The second kappa shape index (κ2) is 9.77. The zero-order valence-corrected chi connectivity index (χ0v) is 20.6. The number of thioether (sulfide) groups is 1. The van der Waals surface area contributed by atoms with Gasteiger partial charge in [0.1, 0.15) is 22.7 Å². The normalized spacial score (nSPS) is 12.4. The standard InChI is InChI=1S/C24H20F6N4O2S/c1-4-34-18(23(25,26)27)12-16-20(22(34)35)33(3)21(32-16)19-17(37-5-2)11-10-15(31-19)13-6-8-14(9-7-13)36-24(28,29)30/h6-12H,4-5H2,1-3H3. The first kappa shape index (κ1) is 26.6. The van der Waals surface area contributed by atoms with Gasteiger partial charge in [0.25, 0.3) is 5.56 Å². The first-order chi connectivity index (χ1) is 17.3. The predicted molar refractivity (Wildman–Crippen MR) is 127 cm³/mol. The van der Waals surface area contributed by atoms with E-state index in [4.69, 9.17) is 0 Å². The number of aryl methyl sites for hydroxylation is 1. The summed E-state index contributed by atoms with van der Waals surface area (Å²) < 4.78 is 84.3. The second-order valence-electron chi connectivity index (χ2n) is 7.85. The highest BCUT2D eigenvalue weighted by Crippen LogP contribution is 2.35. The van der Waals surface area contributed by atoms with E-state index in [2.05, 4.69) is 14.7 Å². The molecule has 4 aromatic rings. The van der Waals surface area contributed by atoms with Gasteiger partial charge in [-0.15, -0.1) is 24.9 Å². The van der Waals surface area contributed by atoms with Crippen LogP contribution in [0, 0.1) is 0 Å². The fourth-order valence-electron chi connectivity index (χ4n) is 3.95. The van der Waals surface area contributed by atoms with Crippen molar-refractivity contribution >= 4 is 22.8 Å². The third-order valence-corrected chi connectivity index (χ3v) is 6.42. The van der Waals surface area contributed by atoms with Gasteiger partial charge in [0.15, 0.2) is 5.82 Å². The number of alkyl halides is 6. The molecule has 0 aliphatic heterocycles. The maximum Gasteiger partial charge on any atom is 0.573 e. The lowest BCUT2D eigenvalue weighted by Crippen LogP contribution is -2.28. The lowest BCUT2D eigenvalue weighted by Gasteiger charge is -2.14. The van der Waals surface area contributed by atoms with Crippen LogP contribution in [0.15, 0.2) is 52.2 Å². The van der Waals surface area contributed by atoms with E-state index < -0.39 is 29.5 Å². The van der Waals surface area contributed by atoms with Crippen LogP contribution >= 0.6 is 11.8 Å². The van der Waals surface area contributed by atoms with Gasteiger partial charge in [0.2, 0.25) is 0 Å². The molecule has 6 nitrogen and oxygen atoms in total. The molecule has 0 unspecified atom stereocenters. The van der Waals surface area contributed by atoms with E-state index in [0.29, 0.717) is 32.2 Å².